The minimum atomic E-state index is -0.451. The third-order valence-corrected chi connectivity index (χ3v) is 5.40. The molecule has 2 fully saturated rings. The first kappa shape index (κ1) is 18.9. The highest BCUT2D eigenvalue weighted by Gasteiger charge is 2.36. The van der Waals surface area contributed by atoms with E-state index in [1.165, 1.54) is 4.90 Å². The minimum Gasteiger partial charge on any atom is -0.335 e. The van der Waals surface area contributed by atoms with Crippen LogP contribution in [0.3, 0.4) is 0 Å². The summed E-state index contributed by atoms with van der Waals surface area (Å²) in [5.74, 6) is -0.812. The first-order valence-corrected chi connectivity index (χ1v) is 9.48. The zero-order chi connectivity index (χ0) is 18.7. The predicted molar refractivity (Wildman–Crippen MR) is 100 cm³/mol. The van der Waals surface area contributed by atoms with Gasteiger partial charge in [-0.15, -0.1) is 0 Å². The standard InChI is InChI=1S/C17H19ClN4O3S/c1-20-6-8-21(9-7-20)19-15(23)11-22-16(24)14(26-17(22)25)10-12-2-4-13(18)5-3-12/h2-5,10H,6-9,11H2,1H3,(H,19,23)/p+1. The summed E-state index contributed by atoms with van der Waals surface area (Å²) in [6, 6.07) is 6.95. The summed E-state index contributed by atoms with van der Waals surface area (Å²) in [4.78, 5) is 39.4. The molecule has 7 nitrogen and oxygen atoms in total. The van der Waals surface area contributed by atoms with Crippen LogP contribution in [0.2, 0.25) is 5.02 Å². The Balaban J connectivity index is 1.60. The van der Waals surface area contributed by atoms with Crippen molar-refractivity contribution in [2.45, 2.75) is 0 Å². The number of imide groups is 1. The van der Waals surface area contributed by atoms with Crippen LogP contribution in [0.15, 0.2) is 29.2 Å². The van der Waals surface area contributed by atoms with Crippen LogP contribution in [0.5, 0.6) is 0 Å². The predicted octanol–water partition coefficient (Wildman–Crippen LogP) is 0.238. The third kappa shape index (κ3) is 4.64. The maximum absolute atomic E-state index is 12.5. The molecule has 0 bridgehead atoms. The molecule has 0 saturated carbocycles. The molecule has 0 aliphatic carbocycles. The molecule has 2 N–H and O–H groups in total. The number of hydrogen-bond acceptors (Lipinski definition) is 5. The Labute approximate surface area is 160 Å². The van der Waals surface area contributed by atoms with Gasteiger partial charge in [-0.3, -0.25) is 24.7 Å². The summed E-state index contributed by atoms with van der Waals surface area (Å²) in [5.41, 5.74) is 3.54. The monoisotopic (exact) mass is 395 g/mol. The van der Waals surface area contributed by atoms with Crippen molar-refractivity contribution in [1.82, 2.24) is 15.3 Å². The third-order valence-electron chi connectivity index (χ3n) is 4.24. The van der Waals surface area contributed by atoms with Gasteiger partial charge in [0, 0.05) is 5.02 Å². The lowest BCUT2D eigenvalue weighted by Gasteiger charge is -2.30. The van der Waals surface area contributed by atoms with Gasteiger partial charge in [-0.25, -0.2) is 5.01 Å². The van der Waals surface area contributed by atoms with E-state index in [1.54, 1.807) is 30.3 Å². The Hall–Kier alpha value is -1.87. The van der Waals surface area contributed by atoms with E-state index < -0.39 is 11.1 Å². The molecular formula is C17H20ClN4O3S+. The topological polar surface area (TPSA) is 74.2 Å². The Morgan fingerprint density at radius 3 is 2.58 bits per heavy atom. The smallest absolute Gasteiger partial charge is 0.294 e. The van der Waals surface area contributed by atoms with Gasteiger partial charge in [0.15, 0.2) is 0 Å². The SMILES string of the molecule is C[NH+]1CCN(NC(=O)CN2C(=O)SC(=Cc3ccc(Cl)cc3)C2=O)CC1. The van der Waals surface area contributed by atoms with Gasteiger partial charge in [0.25, 0.3) is 17.1 Å². The van der Waals surface area contributed by atoms with Gasteiger partial charge >= 0.3 is 0 Å². The van der Waals surface area contributed by atoms with E-state index >= 15 is 0 Å². The minimum absolute atomic E-state index is 0.276. The molecule has 138 valence electrons. The number of halogens is 1. The molecule has 3 rings (SSSR count). The Bertz CT molecular complexity index is 745. The summed E-state index contributed by atoms with van der Waals surface area (Å²) in [7, 11) is 2.10. The fourth-order valence-corrected chi connectivity index (χ4v) is 3.67. The fraction of sp³-hybridized carbons (Fsp3) is 0.353. The number of carbonyl (C=O) groups is 3. The Morgan fingerprint density at radius 1 is 1.27 bits per heavy atom. The number of hydrogen-bond donors (Lipinski definition) is 2. The maximum Gasteiger partial charge on any atom is 0.294 e. The number of rotatable bonds is 4. The molecule has 0 atom stereocenters. The van der Waals surface area contributed by atoms with Gasteiger partial charge in [-0.2, -0.15) is 0 Å². The van der Waals surface area contributed by atoms with Crippen molar-refractivity contribution in [2.24, 2.45) is 0 Å². The zero-order valence-corrected chi connectivity index (χ0v) is 15.9. The zero-order valence-electron chi connectivity index (χ0n) is 14.3. The highest BCUT2D eigenvalue weighted by molar-refractivity contribution is 8.18. The molecular weight excluding hydrogens is 376 g/mol. The number of benzene rings is 1. The van der Waals surface area contributed by atoms with Gasteiger partial charge < -0.3 is 4.90 Å². The van der Waals surface area contributed by atoms with E-state index in [1.807, 2.05) is 5.01 Å². The number of piperazine rings is 1. The van der Waals surface area contributed by atoms with Crippen molar-refractivity contribution in [1.29, 1.82) is 0 Å². The highest BCUT2D eigenvalue weighted by Crippen LogP contribution is 2.32. The first-order valence-electron chi connectivity index (χ1n) is 8.29. The van der Waals surface area contributed by atoms with Crippen LogP contribution in [0.4, 0.5) is 4.79 Å². The molecule has 0 spiro atoms. The van der Waals surface area contributed by atoms with Crippen LogP contribution in [0, 0.1) is 0 Å². The van der Waals surface area contributed by atoms with Crippen LogP contribution in [-0.4, -0.2) is 66.7 Å². The Morgan fingerprint density at radius 2 is 1.92 bits per heavy atom. The molecule has 1 aromatic rings. The van der Waals surface area contributed by atoms with Crippen LogP contribution >= 0.6 is 23.4 Å². The molecule has 2 aliphatic heterocycles. The van der Waals surface area contributed by atoms with Crippen LogP contribution in [-0.2, 0) is 9.59 Å². The summed E-state index contributed by atoms with van der Waals surface area (Å²) in [6.07, 6.45) is 1.63. The lowest BCUT2D eigenvalue weighted by atomic mass is 10.2. The van der Waals surface area contributed by atoms with Gasteiger partial charge in [0.2, 0.25) is 0 Å². The number of quaternary nitrogens is 1. The molecule has 0 unspecified atom stereocenters. The average Bonchev–Trinajstić information content (AvgIpc) is 2.86. The van der Waals surface area contributed by atoms with E-state index in [0.29, 0.717) is 9.93 Å². The number of hydrazine groups is 1. The van der Waals surface area contributed by atoms with E-state index in [-0.39, 0.29) is 12.5 Å². The second kappa shape index (κ2) is 8.22. The van der Waals surface area contributed by atoms with Crippen LogP contribution < -0.4 is 10.3 Å². The molecule has 2 aliphatic rings. The molecule has 0 aromatic heterocycles. The van der Waals surface area contributed by atoms with E-state index in [2.05, 4.69) is 12.5 Å². The first-order chi connectivity index (χ1) is 12.4. The summed E-state index contributed by atoms with van der Waals surface area (Å²) >= 11 is 6.68. The molecule has 2 heterocycles. The van der Waals surface area contributed by atoms with Crippen molar-refractivity contribution in [3.8, 4) is 0 Å². The average molecular weight is 396 g/mol. The lowest BCUT2D eigenvalue weighted by Crippen LogP contribution is -3.12. The summed E-state index contributed by atoms with van der Waals surface area (Å²) < 4.78 is 0. The second-order valence-electron chi connectivity index (χ2n) is 6.30. The number of carbonyl (C=O) groups excluding carboxylic acids is 3. The van der Waals surface area contributed by atoms with Crippen LogP contribution in [0.1, 0.15) is 5.56 Å². The normalized spacial score (nSPS) is 20.8. The Kier molecular flexibility index (Phi) is 5.98. The van der Waals surface area contributed by atoms with Gasteiger partial charge in [-0.1, -0.05) is 23.7 Å². The van der Waals surface area contributed by atoms with Crippen molar-refractivity contribution in [2.75, 3.05) is 39.8 Å². The van der Waals surface area contributed by atoms with E-state index in [9.17, 15) is 14.4 Å². The molecule has 1 aromatic carbocycles. The molecule has 3 amide bonds. The molecule has 0 radical (unpaired) electrons. The van der Waals surface area contributed by atoms with Gasteiger partial charge in [0.1, 0.15) is 6.54 Å². The molecule has 9 heteroatoms. The van der Waals surface area contributed by atoms with Gasteiger partial charge in [0.05, 0.1) is 38.1 Å². The van der Waals surface area contributed by atoms with Gasteiger partial charge in [-0.05, 0) is 35.5 Å². The number of amides is 3. The number of nitrogens with zero attached hydrogens (tertiary/aromatic N) is 2. The van der Waals surface area contributed by atoms with Crippen LogP contribution in [0.25, 0.3) is 6.08 Å². The fourth-order valence-electron chi connectivity index (χ4n) is 2.70. The quantitative estimate of drug-likeness (QED) is 0.714. The summed E-state index contributed by atoms with van der Waals surface area (Å²) in [6.45, 7) is 3.09. The molecule has 26 heavy (non-hydrogen) atoms. The largest absolute Gasteiger partial charge is 0.335 e. The van der Waals surface area contributed by atoms with Crippen molar-refractivity contribution >= 4 is 46.5 Å². The second-order valence-corrected chi connectivity index (χ2v) is 7.73. The van der Waals surface area contributed by atoms with Crippen molar-refractivity contribution < 1.29 is 19.3 Å². The lowest BCUT2D eigenvalue weighted by molar-refractivity contribution is -0.884. The summed E-state index contributed by atoms with van der Waals surface area (Å²) in [5, 5.41) is 1.99. The number of nitrogens with one attached hydrogen (secondary N) is 2. The van der Waals surface area contributed by atoms with E-state index in [0.717, 1.165) is 48.4 Å². The van der Waals surface area contributed by atoms with E-state index in [4.69, 9.17) is 11.6 Å². The maximum atomic E-state index is 12.5. The van der Waals surface area contributed by atoms with Crippen molar-refractivity contribution in [3.05, 3.63) is 39.8 Å². The number of thioether (sulfide) groups is 1. The molecule has 2 saturated heterocycles. The highest BCUT2D eigenvalue weighted by atomic mass is 35.5. The number of likely N-dealkylation sites (N-methyl/N-ethyl adjacent to an activating group) is 1. The van der Waals surface area contributed by atoms with Crippen molar-refractivity contribution in [3.63, 3.8) is 0 Å².